The molecule has 0 unspecified atom stereocenters. The van der Waals surface area contributed by atoms with Gasteiger partial charge in [0.15, 0.2) is 0 Å². The lowest BCUT2D eigenvalue weighted by Gasteiger charge is -2.32. The van der Waals surface area contributed by atoms with Crippen LogP contribution in [0.5, 0.6) is 0 Å². The van der Waals surface area contributed by atoms with Crippen molar-refractivity contribution in [3.63, 3.8) is 0 Å². The van der Waals surface area contributed by atoms with Crippen molar-refractivity contribution in [3.05, 3.63) is 0 Å². The third-order valence-electron chi connectivity index (χ3n) is 2.90. The van der Waals surface area contributed by atoms with Crippen molar-refractivity contribution in [2.45, 2.75) is 34.1 Å². The Morgan fingerprint density at radius 2 is 1.76 bits per heavy atom. The molecule has 1 aliphatic rings. The van der Waals surface area contributed by atoms with E-state index in [9.17, 15) is 8.42 Å². The zero-order chi connectivity index (χ0) is 13.1. The van der Waals surface area contributed by atoms with Crippen molar-refractivity contribution >= 4 is 10.0 Å². The van der Waals surface area contributed by atoms with Crippen LogP contribution in [0.4, 0.5) is 0 Å². The molecular weight excluding hydrogens is 238 g/mol. The smallest absolute Gasteiger partial charge is 0.214 e. The largest absolute Gasteiger partial charge is 0.379 e. The van der Waals surface area contributed by atoms with Crippen LogP contribution in [0.25, 0.3) is 0 Å². The van der Waals surface area contributed by atoms with Gasteiger partial charge in [0.2, 0.25) is 10.0 Å². The van der Waals surface area contributed by atoms with Gasteiger partial charge in [-0.05, 0) is 17.8 Å². The van der Waals surface area contributed by atoms with Crippen molar-refractivity contribution in [3.8, 4) is 0 Å². The van der Waals surface area contributed by atoms with Crippen LogP contribution in [-0.4, -0.2) is 44.8 Å². The van der Waals surface area contributed by atoms with Gasteiger partial charge in [-0.3, -0.25) is 0 Å². The predicted octanol–water partition coefficient (Wildman–Crippen LogP) is 1.72. The SMILES string of the molecule is CC(C)CC(C)(C)CS(=O)(=O)N1CCOCC1. The van der Waals surface area contributed by atoms with E-state index in [0.29, 0.717) is 32.2 Å². The van der Waals surface area contributed by atoms with E-state index < -0.39 is 10.0 Å². The molecule has 0 atom stereocenters. The number of hydrogen-bond acceptors (Lipinski definition) is 3. The Balaban J connectivity index is 2.64. The van der Waals surface area contributed by atoms with Gasteiger partial charge < -0.3 is 4.74 Å². The summed E-state index contributed by atoms with van der Waals surface area (Å²) in [4.78, 5) is 0. The Morgan fingerprint density at radius 3 is 2.24 bits per heavy atom. The first kappa shape index (κ1) is 14.9. The van der Waals surface area contributed by atoms with Crippen LogP contribution in [0.2, 0.25) is 0 Å². The van der Waals surface area contributed by atoms with Crippen LogP contribution < -0.4 is 0 Å². The third-order valence-corrected chi connectivity index (χ3v) is 5.20. The van der Waals surface area contributed by atoms with Gasteiger partial charge in [0.05, 0.1) is 19.0 Å². The Morgan fingerprint density at radius 1 is 1.24 bits per heavy atom. The molecule has 0 amide bonds. The van der Waals surface area contributed by atoms with Crippen molar-refractivity contribution < 1.29 is 13.2 Å². The molecule has 1 rings (SSSR count). The molecule has 1 heterocycles. The highest BCUT2D eigenvalue weighted by Gasteiger charge is 2.32. The van der Waals surface area contributed by atoms with E-state index in [2.05, 4.69) is 13.8 Å². The third kappa shape index (κ3) is 4.94. The standard InChI is InChI=1S/C12H25NO3S/c1-11(2)9-12(3,4)10-17(14,15)13-5-7-16-8-6-13/h11H,5-10H2,1-4H3. The number of ether oxygens (including phenoxy) is 1. The Hall–Kier alpha value is -0.130. The molecule has 0 radical (unpaired) electrons. The molecule has 0 aliphatic carbocycles. The highest BCUT2D eigenvalue weighted by atomic mass is 32.2. The average Bonchev–Trinajstić information content (AvgIpc) is 2.15. The van der Waals surface area contributed by atoms with Gasteiger partial charge in [-0.25, -0.2) is 8.42 Å². The van der Waals surface area contributed by atoms with Gasteiger partial charge in [0.25, 0.3) is 0 Å². The second-order valence-electron chi connectivity index (χ2n) is 6.03. The van der Waals surface area contributed by atoms with Gasteiger partial charge in [-0.1, -0.05) is 27.7 Å². The van der Waals surface area contributed by atoms with Gasteiger partial charge in [0, 0.05) is 13.1 Å². The molecule has 0 aromatic heterocycles. The lowest BCUT2D eigenvalue weighted by atomic mass is 9.86. The molecule has 0 bridgehead atoms. The first-order chi connectivity index (χ1) is 7.73. The Bertz CT molecular complexity index is 330. The van der Waals surface area contributed by atoms with Crippen molar-refractivity contribution in [2.24, 2.45) is 11.3 Å². The van der Waals surface area contributed by atoms with Gasteiger partial charge in [-0.15, -0.1) is 0 Å². The summed E-state index contributed by atoms with van der Waals surface area (Å²) in [5.74, 6) is 0.753. The minimum Gasteiger partial charge on any atom is -0.379 e. The van der Waals surface area contributed by atoms with Gasteiger partial charge in [0.1, 0.15) is 0 Å². The number of hydrogen-bond donors (Lipinski definition) is 0. The van der Waals surface area contributed by atoms with Gasteiger partial charge in [-0.2, -0.15) is 4.31 Å². The van der Waals surface area contributed by atoms with E-state index in [1.165, 1.54) is 0 Å². The quantitative estimate of drug-likeness (QED) is 0.759. The topological polar surface area (TPSA) is 46.6 Å². The lowest BCUT2D eigenvalue weighted by Crippen LogP contribution is -2.44. The molecule has 1 fully saturated rings. The van der Waals surface area contributed by atoms with E-state index in [0.717, 1.165) is 6.42 Å². The molecule has 1 saturated heterocycles. The molecule has 0 aromatic rings. The van der Waals surface area contributed by atoms with Crippen molar-refractivity contribution in [1.82, 2.24) is 4.31 Å². The number of rotatable bonds is 5. The van der Waals surface area contributed by atoms with E-state index in [4.69, 9.17) is 4.74 Å². The first-order valence-corrected chi connectivity index (χ1v) is 7.89. The summed E-state index contributed by atoms with van der Waals surface area (Å²) in [7, 11) is -3.13. The van der Waals surface area contributed by atoms with Crippen LogP contribution in [0.3, 0.4) is 0 Å². The van der Waals surface area contributed by atoms with Crippen LogP contribution in [0, 0.1) is 11.3 Å². The number of sulfonamides is 1. The highest BCUT2D eigenvalue weighted by molar-refractivity contribution is 7.89. The fraction of sp³-hybridized carbons (Fsp3) is 1.00. The minimum atomic E-state index is -3.13. The Kier molecular flexibility index (Phi) is 4.98. The second kappa shape index (κ2) is 5.67. The monoisotopic (exact) mass is 263 g/mol. The zero-order valence-electron chi connectivity index (χ0n) is 11.4. The van der Waals surface area contributed by atoms with Crippen LogP contribution in [-0.2, 0) is 14.8 Å². The summed E-state index contributed by atoms with van der Waals surface area (Å²) >= 11 is 0. The zero-order valence-corrected chi connectivity index (χ0v) is 12.2. The molecule has 0 saturated carbocycles. The molecule has 17 heavy (non-hydrogen) atoms. The predicted molar refractivity (Wildman–Crippen MR) is 69.4 cm³/mol. The molecule has 4 nitrogen and oxygen atoms in total. The van der Waals surface area contributed by atoms with E-state index >= 15 is 0 Å². The maximum atomic E-state index is 12.3. The molecule has 0 N–H and O–H groups in total. The summed E-state index contributed by atoms with van der Waals surface area (Å²) in [6.45, 7) is 10.4. The van der Waals surface area contributed by atoms with Crippen LogP contribution >= 0.6 is 0 Å². The van der Waals surface area contributed by atoms with E-state index in [-0.39, 0.29) is 11.2 Å². The summed E-state index contributed by atoms with van der Waals surface area (Å²) in [5, 5.41) is 0. The molecule has 5 heteroatoms. The van der Waals surface area contributed by atoms with E-state index in [1.54, 1.807) is 4.31 Å². The lowest BCUT2D eigenvalue weighted by molar-refractivity contribution is 0.0725. The summed E-state index contributed by atoms with van der Waals surface area (Å²) < 4.78 is 31.3. The highest BCUT2D eigenvalue weighted by Crippen LogP contribution is 2.28. The normalized spacial score (nSPS) is 19.8. The fourth-order valence-corrected chi connectivity index (χ4v) is 4.57. The summed E-state index contributed by atoms with van der Waals surface area (Å²) in [6, 6.07) is 0. The van der Waals surface area contributed by atoms with Crippen LogP contribution in [0.15, 0.2) is 0 Å². The average molecular weight is 263 g/mol. The first-order valence-electron chi connectivity index (χ1n) is 6.28. The van der Waals surface area contributed by atoms with Crippen molar-refractivity contribution in [1.29, 1.82) is 0 Å². The van der Waals surface area contributed by atoms with Crippen molar-refractivity contribution in [2.75, 3.05) is 32.1 Å². The molecule has 1 aliphatic heterocycles. The minimum absolute atomic E-state index is 0.161. The number of nitrogens with zero attached hydrogens (tertiary/aromatic N) is 1. The fourth-order valence-electron chi connectivity index (χ4n) is 2.57. The summed E-state index contributed by atoms with van der Waals surface area (Å²) in [6.07, 6.45) is 0.927. The molecule has 102 valence electrons. The molecule has 0 spiro atoms. The number of morpholine rings is 1. The van der Waals surface area contributed by atoms with Crippen LogP contribution in [0.1, 0.15) is 34.1 Å². The van der Waals surface area contributed by atoms with E-state index in [1.807, 2.05) is 13.8 Å². The Labute approximate surface area is 105 Å². The van der Waals surface area contributed by atoms with Gasteiger partial charge >= 0.3 is 0 Å². The second-order valence-corrected chi connectivity index (χ2v) is 8.00. The molecule has 0 aromatic carbocycles. The maximum absolute atomic E-state index is 12.3. The molecular formula is C12H25NO3S. The maximum Gasteiger partial charge on any atom is 0.214 e. The summed E-state index contributed by atoms with van der Waals surface area (Å²) in [5.41, 5.74) is -0.161.